The van der Waals surface area contributed by atoms with Gasteiger partial charge in [-0.05, 0) is 29.0 Å². The van der Waals surface area contributed by atoms with E-state index in [-0.39, 0.29) is 5.16 Å². The summed E-state index contributed by atoms with van der Waals surface area (Å²) in [5.41, 5.74) is 4.06. The predicted octanol–water partition coefficient (Wildman–Crippen LogP) is 4.33. The van der Waals surface area contributed by atoms with Gasteiger partial charge in [-0.2, -0.15) is 0 Å². The number of imidazole rings is 1. The van der Waals surface area contributed by atoms with Crippen molar-refractivity contribution >= 4 is 14.7 Å². The van der Waals surface area contributed by atoms with E-state index in [1.165, 1.54) is 21.9 Å². The SMILES string of the molecule is CC(C)Cc1ccc([SiH2]C(c2ccccc2)(c2ccccc2)n2ccnc2)cc1. The fourth-order valence-electron chi connectivity index (χ4n) is 4.23. The summed E-state index contributed by atoms with van der Waals surface area (Å²) in [6.07, 6.45) is 7.10. The van der Waals surface area contributed by atoms with Gasteiger partial charge < -0.3 is 4.57 Å². The van der Waals surface area contributed by atoms with E-state index in [0.717, 1.165) is 6.42 Å². The minimum absolute atomic E-state index is 0.210. The van der Waals surface area contributed by atoms with Crippen LogP contribution in [0.5, 0.6) is 0 Å². The molecule has 0 aliphatic carbocycles. The van der Waals surface area contributed by atoms with E-state index < -0.39 is 9.52 Å². The van der Waals surface area contributed by atoms with Crippen molar-refractivity contribution < 1.29 is 0 Å². The van der Waals surface area contributed by atoms with Gasteiger partial charge in [-0.1, -0.05) is 104 Å². The van der Waals surface area contributed by atoms with Gasteiger partial charge in [0.15, 0.2) is 0 Å². The molecule has 0 unspecified atom stereocenters. The lowest BCUT2D eigenvalue weighted by Crippen LogP contribution is -2.46. The lowest BCUT2D eigenvalue weighted by molar-refractivity contribution is 0.596. The summed E-state index contributed by atoms with van der Waals surface area (Å²) in [6.45, 7) is 4.55. The van der Waals surface area contributed by atoms with Gasteiger partial charge in [0.2, 0.25) is 0 Å². The van der Waals surface area contributed by atoms with Gasteiger partial charge in [0.25, 0.3) is 0 Å². The Balaban J connectivity index is 1.84. The van der Waals surface area contributed by atoms with Crippen molar-refractivity contribution in [3.8, 4) is 0 Å². The molecule has 0 N–H and O–H groups in total. The maximum atomic E-state index is 4.41. The van der Waals surface area contributed by atoms with E-state index in [1.807, 2.05) is 12.5 Å². The van der Waals surface area contributed by atoms with E-state index >= 15 is 0 Å². The van der Waals surface area contributed by atoms with Crippen LogP contribution in [-0.4, -0.2) is 19.1 Å². The van der Waals surface area contributed by atoms with Gasteiger partial charge >= 0.3 is 0 Å². The second kappa shape index (κ2) is 8.62. The molecule has 1 aromatic heterocycles. The summed E-state index contributed by atoms with van der Waals surface area (Å²) in [5.74, 6) is 0.678. The van der Waals surface area contributed by atoms with Gasteiger partial charge in [-0.25, -0.2) is 4.98 Å². The van der Waals surface area contributed by atoms with Crippen LogP contribution in [0, 0.1) is 5.92 Å². The molecule has 1 heterocycles. The third kappa shape index (κ3) is 4.10. The number of aromatic nitrogens is 2. The van der Waals surface area contributed by atoms with Gasteiger partial charge in [0.05, 0.1) is 21.0 Å². The summed E-state index contributed by atoms with van der Waals surface area (Å²) in [4.78, 5) is 4.41. The molecule has 0 atom stereocenters. The van der Waals surface area contributed by atoms with Crippen molar-refractivity contribution in [2.24, 2.45) is 5.92 Å². The Morgan fingerprint density at radius 1 is 0.828 bits per heavy atom. The van der Waals surface area contributed by atoms with Crippen molar-refractivity contribution in [2.45, 2.75) is 25.4 Å². The zero-order valence-electron chi connectivity index (χ0n) is 17.2. The first-order valence-electron chi connectivity index (χ1n) is 10.4. The second-order valence-electron chi connectivity index (χ2n) is 8.15. The molecule has 3 heteroatoms. The first-order valence-corrected chi connectivity index (χ1v) is 11.8. The normalized spacial score (nSPS) is 12.1. The average molecular weight is 397 g/mol. The van der Waals surface area contributed by atoms with Crippen LogP contribution in [-0.2, 0) is 11.6 Å². The van der Waals surface area contributed by atoms with E-state index in [4.69, 9.17) is 0 Å². The van der Waals surface area contributed by atoms with Crippen molar-refractivity contribution in [1.82, 2.24) is 9.55 Å². The molecule has 0 aliphatic rings. The molecule has 3 aromatic carbocycles. The van der Waals surface area contributed by atoms with E-state index in [0.29, 0.717) is 5.92 Å². The number of benzene rings is 3. The Hall–Kier alpha value is -2.91. The van der Waals surface area contributed by atoms with Crippen LogP contribution in [0.25, 0.3) is 0 Å². The molecule has 0 bridgehead atoms. The third-order valence-electron chi connectivity index (χ3n) is 5.57. The van der Waals surface area contributed by atoms with Gasteiger partial charge in [0.1, 0.15) is 0 Å². The summed E-state index contributed by atoms with van der Waals surface area (Å²) in [5, 5.41) is 1.25. The summed E-state index contributed by atoms with van der Waals surface area (Å²) >= 11 is 0. The molecule has 4 rings (SSSR count). The number of rotatable bonds is 7. The second-order valence-corrected chi connectivity index (χ2v) is 10.3. The molecule has 146 valence electrons. The van der Waals surface area contributed by atoms with Crippen LogP contribution in [0.4, 0.5) is 0 Å². The monoisotopic (exact) mass is 396 g/mol. The molecule has 2 nitrogen and oxygen atoms in total. The first kappa shape index (κ1) is 19.4. The molecule has 29 heavy (non-hydrogen) atoms. The van der Waals surface area contributed by atoms with Gasteiger partial charge in [-0.3, -0.25) is 0 Å². The molecule has 0 fully saturated rings. The number of hydrogen-bond acceptors (Lipinski definition) is 1. The molecule has 0 aliphatic heterocycles. The summed E-state index contributed by atoms with van der Waals surface area (Å²) < 4.78 is 2.31. The maximum Gasteiger partial charge on any atom is 0.0965 e. The highest BCUT2D eigenvalue weighted by atomic mass is 28.2. The molecular formula is C26H28N2Si. The predicted molar refractivity (Wildman–Crippen MR) is 124 cm³/mol. The Kier molecular flexibility index (Phi) is 5.77. The van der Waals surface area contributed by atoms with Crippen LogP contribution in [0.1, 0.15) is 30.5 Å². The molecule has 4 aromatic rings. The van der Waals surface area contributed by atoms with Gasteiger partial charge in [0, 0.05) is 12.4 Å². The lowest BCUT2D eigenvalue weighted by Gasteiger charge is -2.37. The Labute approximate surface area is 176 Å². The van der Waals surface area contributed by atoms with E-state index in [1.54, 1.807) is 0 Å². The quantitative estimate of drug-likeness (QED) is 0.425. The van der Waals surface area contributed by atoms with Gasteiger partial charge in [-0.15, -0.1) is 0 Å². The van der Waals surface area contributed by atoms with Crippen LogP contribution in [0.3, 0.4) is 0 Å². The zero-order valence-corrected chi connectivity index (χ0v) is 18.6. The number of nitrogens with zero attached hydrogens (tertiary/aromatic N) is 2. The number of hydrogen-bond donors (Lipinski definition) is 0. The third-order valence-corrected chi connectivity index (χ3v) is 8.15. The Bertz CT molecular complexity index is 968. The van der Waals surface area contributed by atoms with Crippen molar-refractivity contribution in [1.29, 1.82) is 0 Å². The minimum Gasteiger partial charge on any atom is -0.326 e. The molecular weight excluding hydrogens is 368 g/mol. The minimum atomic E-state index is -0.790. The topological polar surface area (TPSA) is 17.8 Å². The standard InChI is InChI=1S/C26H28N2Si/c1-21(2)19-22-13-15-25(16-14-22)29-26(28-18-17-27-20-28,23-9-5-3-6-10-23)24-11-7-4-8-12-24/h3-18,20-21H,19,29H2,1-2H3. The molecule has 0 saturated carbocycles. The van der Waals surface area contributed by atoms with Crippen LogP contribution in [0.15, 0.2) is 104 Å². The molecule has 0 radical (unpaired) electrons. The Morgan fingerprint density at radius 2 is 1.41 bits per heavy atom. The van der Waals surface area contributed by atoms with Crippen molar-refractivity contribution in [2.75, 3.05) is 0 Å². The zero-order chi connectivity index (χ0) is 20.1. The molecule has 0 spiro atoms. The summed E-state index contributed by atoms with van der Waals surface area (Å²) in [7, 11) is -0.790. The highest BCUT2D eigenvalue weighted by Crippen LogP contribution is 2.33. The summed E-state index contributed by atoms with van der Waals surface area (Å²) in [6, 6.07) is 31.1. The van der Waals surface area contributed by atoms with Crippen LogP contribution < -0.4 is 5.19 Å². The largest absolute Gasteiger partial charge is 0.326 e. The van der Waals surface area contributed by atoms with Crippen LogP contribution >= 0.6 is 0 Å². The van der Waals surface area contributed by atoms with Crippen LogP contribution in [0.2, 0.25) is 0 Å². The van der Waals surface area contributed by atoms with Crippen molar-refractivity contribution in [3.63, 3.8) is 0 Å². The maximum absolute atomic E-state index is 4.41. The fraction of sp³-hybridized carbons (Fsp3) is 0.192. The molecule has 0 amide bonds. The average Bonchev–Trinajstić information content (AvgIpc) is 3.29. The first-order chi connectivity index (χ1) is 14.2. The fourth-order valence-corrected chi connectivity index (χ4v) is 6.54. The van der Waals surface area contributed by atoms with E-state index in [2.05, 4.69) is 115 Å². The highest BCUT2D eigenvalue weighted by Gasteiger charge is 2.36. The Morgan fingerprint density at radius 3 is 1.90 bits per heavy atom. The smallest absolute Gasteiger partial charge is 0.0965 e. The van der Waals surface area contributed by atoms with Crippen molar-refractivity contribution in [3.05, 3.63) is 120 Å². The molecule has 0 saturated heterocycles. The highest BCUT2D eigenvalue weighted by molar-refractivity contribution is 6.57. The lowest BCUT2D eigenvalue weighted by atomic mass is 9.97. The van der Waals surface area contributed by atoms with E-state index in [9.17, 15) is 0 Å².